The maximum absolute atomic E-state index is 13.2. The lowest BCUT2D eigenvalue weighted by Gasteiger charge is -2.42. The molecule has 1 aromatic rings. The number of amides is 1. The van der Waals surface area contributed by atoms with Crippen molar-refractivity contribution in [2.75, 3.05) is 33.5 Å². The highest BCUT2D eigenvalue weighted by atomic mass is 16.7. The van der Waals surface area contributed by atoms with Gasteiger partial charge in [-0.3, -0.25) is 9.80 Å². The largest absolute Gasteiger partial charge is 0.383 e. The summed E-state index contributed by atoms with van der Waals surface area (Å²) >= 11 is 0. The van der Waals surface area contributed by atoms with Crippen molar-refractivity contribution >= 4 is 5.91 Å². The fraction of sp³-hybridized carbons (Fsp3) is 0.625. The zero-order chi connectivity index (χ0) is 21.3. The Labute approximate surface area is 180 Å². The molecule has 0 N–H and O–H groups in total. The van der Waals surface area contributed by atoms with Gasteiger partial charge in [0.1, 0.15) is 0 Å². The lowest BCUT2D eigenvalue weighted by Crippen LogP contribution is -2.51. The smallest absolute Gasteiger partial charge is 0.260 e. The Bertz CT molecular complexity index is 690. The lowest BCUT2D eigenvalue weighted by molar-refractivity contribution is -0.184. The Morgan fingerprint density at radius 2 is 2.10 bits per heavy atom. The van der Waals surface area contributed by atoms with Gasteiger partial charge in [0.15, 0.2) is 6.29 Å². The second kappa shape index (κ2) is 11.6. The van der Waals surface area contributed by atoms with Crippen molar-refractivity contribution in [3.8, 4) is 0 Å². The summed E-state index contributed by atoms with van der Waals surface area (Å²) in [6.07, 6.45) is 6.98. The van der Waals surface area contributed by atoms with Gasteiger partial charge in [-0.2, -0.15) is 0 Å². The van der Waals surface area contributed by atoms with Crippen molar-refractivity contribution in [3.05, 3.63) is 48.0 Å². The van der Waals surface area contributed by atoms with Gasteiger partial charge < -0.3 is 14.2 Å². The molecule has 2 aliphatic rings. The Morgan fingerprint density at radius 1 is 1.33 bits per heavy atom. The van der Waals surface area contributed by atoms with Gasteiger partial charge in [0.05, 0.1) is 31.9 Å². The molecular formula is C24H36N2O4. The van der Waals surface area contributed by atoms with E-state index in [0.29, 0.717) is 19.8 Å². The minimum Gasteiger partial charge on any atom is -0.383 e. The Balaban J connectivity index is 2.00. The van der Waals surface area contributed by atoms with Crippen LogP contribution < -0.4 is 0 Å². The molecule has 3 rings (SSSR count). The molecule has 2 fully saturated rings. The number of rotatable bonds is 10. The van der Waals surface area contributed by atoms with E-state index in [1.807, 2.05) is 17.1 Å². The van der Waals surface area contributed by atoms with Gasteiger partial charge in [-0.1, -0.05) is 50.6 Å². The molecule has 30 heavy (non-hydrogen) atoms. The maximum atomic E-state index is 13.2. The van der Waals surface area contributed by atoms with Crippen molar-refractivity contribution in [1.82, 2.24) is 10.0 Å². The van der Waals surface area contributed by atoms with Gasteiger partial charge in [-0.15, -0.1) is 0 Å². The summed E-state index contributed by atoms with van der Waals surface area (Å²) in [4.78, 5) is 13.2. The normalized spacial score (nSPS) is 21.5. The molecule has 0 aromatic heterocycles. The van der Waals surface area contributed by atoms with Crippen LogP contribution in [0.25, 0.3) is 0 Å². The van der Waals surface area contributed by atoms with Gasteiger partial charge in [-0.25, -0.2) is 5.01 Å². The van der Waals surface area contributed by atoms with Crippen LogP contribution in [0.3, 0.4) is 0 Å². The van der Waals surface area contributed by atoms with Crippen LogP contribution in [0.4, 0.5) is 0 Å². The first-order valence-corrected chi connectivity index (χ1v) is 11.2. The van der Waals surface area contributed by atoms with Gasteiger partial charge >= 0.3 is 0 Å². The molecule has 0 aliphatic carbocycles. The Morgan fingerprint density at radius 3 is 2.80 bits per heavy atom. The van der Waals surface area contributed by atoms with E-state index in [4.69, 9.17) is 14.2 Å². The van der Waals surface area contributed by atoms with Crippen molar-refractivity contribution < 1.29 is 19.0 Å². The molecule has 2 saturated heterocycles. The third-order valence-corrected chi connectivity index (χ3v) is 5.94. The highest BCUT2D eigenvalue weighted by molar-refractivity contribution is 5.87. The first-order valence-electron chi connectivity index (χ1n) is 11.2. The van der Waals surface area contributed by atoms with Crippen LogP contribution in [-0.4, -0.2) is 55.4 Å². The first kappa shape index (κ1) is 22.9. The number of hydrogen-bond donors (Lipinski definition) is 0. The van der Waals surface area contributed by atoms with Crippen LogP contribution in [-0.2, 0) is 19.0 Å². The van der Waals surface area contributed by atoms with E-state index in [-0.39, 0.29) is 24.3 Å². The van der Waals surface area contributed by atoms with Crippen LogP contribution in [0.1, 0.15) is 68.9 Å². The fourth-order valence-electron chi connectivity index (χ4n) is 4.52. The average molecular weight is 417 g/mol. The topological polar surface area (TPSA) is 51.2 Å². The molecule has 2 heterocycles. The predicted octanol–water partition coefficient (Wildman–Crippen LogP) is 4.39. The zero-order valence-electron chi connectivity index (χ0n) is 18.4. The number of benzene rings is 1. The third kappa shape index (κ3) is 5.30. The molecular weight excluding hydrogens is 380 g/mol. The predicted molar refractivity (Wildman–Crippen MR) is 117 cm³/mol. The monoisotopic (exact) mass is 416 g/mol. The summed E-state index contributed by atoms with van der Waals surface area (Å²) in [5, 5.41) is 4.13. The second-order valence-corrected chi connectivity index (χ2v) is 8.02. The maximum Gasteiger partial charge on any atom is 0.260 e. The van der Waals surface area contributed by atoms with Crippen LogP contribution in [0.5, 0.6) is 0 Å². The molecule has 6 nitrogen and oxygen atoms in total. The molecule has 0 bridgehead atoms. The number of methoxy groups -OCH3 is 1. The van der Waals surface area contributed by atoms with E-state index >= 15 is 0 Å². The van der Waals surface area contributed by atoms with E-state index < -0.39 is 0 Å². The van der Waals surface area contributed by atoms with E-state index in [9.17, 15) is 4.79 Å². The molecule has 0 saturated carbocycles. The number of ether oxygens (including phenoxy) is 3. The summed E-state index contributed by atoms with van der Waals surface area (Å²) in [6.45, 7) is 8.81. The van der Waals surface area contributed by atoms with Crippen LogP contribution in [0.2, 0.25) is 0 Å². The van der Waals surface area contributed by atoms with Crippen molar-refractivity contribution in [1.29, 1.82) is 0 Å². The molecule has 2 aliphatic heterocycles. The quantitative estimate of drug-likeness (QED) is 0.530. The molecule has 0 unspecified atom stereocenters. The number of hydrogen-bond acceptors (Lipinski definition) is 5. The summed E-state index contributed by atoms with van der Waals surface area (Å²) in [5.74, 6) is -0.0700. The summed E-state index contributed by atoms with van der Waals surface area (Å²) in [6, 6.07) is 8.32. The van der Waals surface area contributed by atoms with E-state index in [1.54, 1.807) is 7.11 Å². The number of unbranched alkanes of at least 4 members (excludes halogenated alkanes) is 1. The molecule has 166 valence electrons. The summed E-state index contributed by atoms with van der Waals surface area (Å²) < 4.78 is 17.3. The number of nitrogens with zero attached hydrogens (tertiary/aromatic N) is 2. The number of carbonyl (C=O) groups is 1. The minimum absolute atomic E-state index is 0.0700. The van der Waals surface area contributed by atoms with Gasteiger partial charge in [-0.05, 0) is 37.3 Å². The minimum atomic E-state index is -0.381. The van der Waals surface area contributed by atoms with E-state index in [0.717, 1.165) is 56.2 Å². The van der Waals surface area contributed by atoms with Gasteiger partial charge in [0.25, 0.3) is 5.91 Å². The zero-order valence-corrected chi connectivity index (χ0v) is 18.4. The van der Waals surface area contributed by atoms with Crippen molar-refractivity contribution in [2.45, 2.75) is 63.8 Å². The average Bonchev–Trinajstić information content (AvgIpc) is 3.24. The first-order chi connectivity index (χ1) is 14.7. The molecule has 1 aromatic carbocycles. The molecule has 0 radical (unpaired) electrons. The van der Waals surface area contributed by atoms with Crippen LogP contribution in [0.15, 0.2) is 36.9 Å². The molecule has 0 spiro atoms. The molecule has 1 amide bonds. The highest BCUT2D eigenvalue weighted by Gasteiger charge is 2.37. The van der Waals surface area contributed by atoms with Crippen LogP contribution in [0, 0.1) is 0 Å². The Hall–Kier alpha value is -1.73. The third-order valence-electron chi connectivity index (χ3n) is 5.94. The number of hydrazine groups is 1. The highest BCUT2D eigenvalue weighted by Crippen LogP contribution is 2.37. The van der Waals surface area contributed by atoms with Crippen molar-refractivity contribution in [2.24, 2.45) is 0 Å². The van der Waals surface area contributed by atoms with E-state index in [2.05, 4.69) is 30.6 Å². The molecule has 2 atom stereocenters. The van der Waals surface area contributed by atoms with Crippen LogP contribution >= 0.6 is 0 Å². The lowest BCUT2D eigenvalue weighted by atomic mass is 9.94. The second-order valence-electron chi connectivity index (χ2n) is 8.02. The number of carbonyl (C=O) groups excluding carboxylic acids is 1. The van der Waals surface area contributed by atoms with Gasteiger partial charge in [0.2, 0.25) is 0 Å². The fourth-order valence-corrected chi connectivity index (χ4v) is 4.52. The molecule has 6 heteroatoms. The summed E-state index contributed by atoms with van der Waals surface area (Å²) in [5.41, 5.74) is 2.11. The van der Waals surface area contributed by atoms with E-state index in [1.165, 1.54) is 6.08 Å². The Kier molecular flexibility index (Phi) is 8.88. The SMILES string of the molecule is C=CC(=O)N([C@H](CCCC)c1ccccc1C1OCCCO1)N1CCC[C@H]1COC. The standard InChI is InChI=1S/C24H36N2O4/c1-4-6-14-22(20-12-7-8-13-21(20)24-29-16-10-17-30-24)26(23(27)5-2)25-15-9-11-19(25)18-28-3/h5,7-8,12-13,19,22,24H,2,4,6,9-11,14-18H2,1,3H3/t19-,22+/m0/s1. The summed E-state index contributed by atoms with van der Waals surface area (Å²) in [7, 11) is 1.72. The van der Waals surface area contributed by atoms with Crippen molar-refractivity contribution in [3.63, 3.8) is 0 Å². The van der Waals surface area contributed by atoms with Gasteiger partial charge in [0, 0.05) is 19.2 Å².